The minimum atomic E-state index is -0.0926. The number of piperidine rings is 1. The second-order valence-corrected chi connectivity index (χ2v) is 42.4. The number of β-amino-alcohol motifs (C(OH)–C–C–N with tert-alkyl or cyclic N) is 1. The first-order valence-electron chi connectivity index (χ1n) is 48.9. The molecule has 0 atom stereocenters. The number of amides is 7. The Morgan fingerprint density at radius 2 is 0.818 bits per heavy atom. The van der Waals surface area contributed by atoms with Crippen LogP contribution in [0, 0.1) is 46.8 Å². The van der Waals surface area contributed by atoms with Crippen LogP contribution in [-0.2, 0) is 28.6 Å². The number of aliphatic hydroxyl groups is 1. The van der Waals surface area contributed by atoms with Crippen molar-refractivity contribution in [1.82, 2.24) is 56.8 Å². The van der Waals surface area contributed by atoms with E-state index in [1.165, 1.54) is 129 Å². The number of hydrogen-bond acceptors (Lipinski definition) is 14. The second kappa shape index (κ2) is 87.7. The number of aliphatic hydroxyl groups excluding tert-OH is 1. The van der Waals surface area contributed by atoms with Gasteiger partial charge in [-0.1, -0.05) is 189 Å². The molecule has 732 valence electrons. The maximum absolute atomic E-state index is 11.4. The zero-order valence-electron chi connectivity index (χ0n) is 88.3. The zero-order chi connectivity index (χ0) is 95.4. The van der Waals surface area contributed by atoms with Crippen LogP contribution in [-0.4, -0.2) is 232 Å². The molecule has 6 aliphatic rings. The van der Waals surface area contributed by atoms with Crippen molar-refractivity contribution in [3.63, 3.8) is 0 Å². The molecule has 0 spiro atoms. The number of rotatable bonds is 30. The molecule has 0 radical (unpaired) electrons. The molecule has 3 aliphatic heterocycles. The van der Waals surface area contributed by atoms with Crippen molar-refractivity contribution < 1.29 is 43.3 Å². The van der Waals surface area contributed by atoms with Crippen LogP contribution in [0.25, 0.3) is 0 Å². The fraction of sp³-hybridized carbons (Fsp3) is 0.950. The summed E-state index contributed by atoms with van der Waals surface area (Å²) in [6, 6.07) is 1.82. The highest BCUT2D eigenvalue weighted by molar-refractivity contribution is 7.99. The van der Waals surface area contributed by atoms with Gasteiger partial charge in [-0.3, -0.25) is 24.2 Å². The van der Waals surface area contributed by atoms with Crippen molar-refractivity contribution >= 4 is 41.5 Å². The minimum Gasteiger partial charge on any atom is -0.390 e. The van der Waals surface area contributed by atoms with E-state index in [2.05, 4.69) is 231 Å². The highest BCUT2D eigenvalue weighted by atomic mass is 32.2. The van der Waals surface area contributed by atoms with Crippen LogP contribution in [0.1, 0.15) is 398 Å². The molecule has 0 aromatic carbocycles. The lowest BCUT2D eigenvalue weighted by molar-refractivity contribution is -0.122. The van der Waals surface area contributed by atoms with E-state index in [9.17, 15) is 24.0 Å². The highest BCUT2D eigenvalue weighted by Crippen LogP contribution is 2.34. The number of thioether (sulfide) groups is 1. The van der Waals surface area contributed by atoms with Crippen LogP contribution in [0.4, 0.5) is 9.59 Å². The standard InChI is InChI=1S/C11H22N2O.C10H20N2O2.C8H18N2O.C8H16O.C8H16.C8H18.C7H16N2O.C7H14O.C7H16.C6H14N2O.C6H13NO.C6H14.C4H10S.C4H10/c1-10(2)12-11(14)6-9-13-7-4-3-5-8-13;1-9(2)11-10(13)3-4-12-5-7-14-8-6-12;1-7(2)9-8(11)5-6-10(3)4;1-7(2)9-8-5-3-4-6-8;1-7(2)3-4-8-5-6-8;1-7(2)6-8(3,4)5;1-5(2)8-7(10)9-6(3)4;1-6(2)8-7-4-3-5-7;1-6(2)5-7(3)4;1-4-7-6(9)8-5(2)3;1-5(2)7-3-6(8)4-7;1-4-5-6(2)3;1-4(2)5-3;1-4(2)3/h10H,3-9H2,1-2H3,(H,12,14);9H,3-8H2,1-2H3,(H,11,13);7H,5-6H2,1-4H3,(H,9,11);7-8H,3-6H2,1-2H3;7-8H,3-6H2,1-2H3;7H,6H2,1-5H3;5-6H,1-4H3,(H2,8,9,10);6-7H,3-5H2,1-2H3;6-7H,5H2,1-4H3;5H,4H2,1-3H3,(H2,7,8,9);5-6,8H,3-4H2,1-2H3;6H,4-5H2,1-3H3;4H,1-3H3;4H,1-3H3. The lowest BCUT2D eigenvalue weighted by Gasteiger charge is -2.38. The summed E-state index contributed by atoms with van der Waals surface area (Å²) in [7, 11) is 3.92. The van der Waals surface area contributed by atoms with Gasteiger partial charge >= 0.3 is 12.1 Å². The number of carbonyl (C=O) groups is 5. The Labute approximate surface area is 759 Å². The molecule has 3 aliphatic carbocycles. The summed E-state index contributed by atoms with van der Waals surface area (Å²) in [5.41, 5.74) is 0.522. The van der Waals surface area contributed by atoms with Gasteiger partial charge in [0.05, 0.1) is 43.7 Å². The average Bonchev–Trinajstić information content (AvgIpc) is 1.85. The van der Waals surface area contributed by atoms with Gasteiger partial charge in [0.2, 0.25) is 17.7 Å². The van der Waals surface area contributed by atoms with Crippen molar-refractivity contribution in [1.29, 1.82) is 0 Å². The van der Waals surface area contributed by atoms with Gasteiger partial charge in [-0.2, -0.15) is 11.8 Å². The Balaban J connectivity index is -0.000000191. The molecule has 3 saturated carbocycles. The predicted octanol–water partition coefficient (Wildman–Crippen LogP) is 22.8. The molecule has 0 bridgehead atoms. The van der Waals surface area contributed by atoms with E-state index >= 15 is 0 Å². The summed E-state index contributed by atoms with van der Waals surface area (Å²) in [6.45, 7) is 91.6. The minimum absolute atomic E-state index is 0.0441. The lowest BCUT2D eigenvalue weighted by Crippen LogP contribution is -2.53. The molecule has 8 N–H and O–H groups in total. The Morgan fingerprint density at radius 3 is 1.05 bits per heavy atom. The van der Waals surface area contributed by atoms with Crippen molar-refractivity contribution in [3.05, 3.63) is 0 Å². The molecular formula is C100H217N11O9S. The summed E-state index contributed by atoms with van der Waals surface area (Å²) in [6.07, 6.45) is 30.6. The Hall–Kier alpha value is -3.02. The number of nitrogens with zero attached hydrogens (tertiary/aromatic N) is 4. The van der Waals surface area contributed by atoms with Gasteiger partial charge < -0.3 is 66.3 Å². The zero-order valence-corrected chi connectivity index (χ0v) is 89.1. The van der Waals surface area contributed by atoms with Crippen molar-refractivity contribution in [3.8, 4) is 0 Å². The molecule has 6 fully saturated rings. The summed E-state index contributed by atoms with van der Waals surface area (Å²) < 4.78 is 16.3. The highest BCUT2D eigenvalue weighted by Gasteiger charge is 2.26. The number of likely N-dealkylation sites (tertiary alicyclic amines) is 2. The molecule has 7 amide bonds. The first kappa shape index (κ1) is 133. The van der Waals surface area contributed by atoms with E-state index in [4.69, 9.17) is 19.3 Å². The van der Waals surface area contributed by atoms with Crippen LogP contribution in [0.3, 0.4) is 0 Å². The summed E-state index contributed by atoms with van der Waals surface area (Å²) in [5, 5.41) is 29.0. The van der Waals surface area contributed by atoms with Gasteiger partial charge in [-0.05, 0) is 275 Å². The molecule has 121 heavy (non-hydrogen) atoms. The number of morpholine rings is 1. The number of hydrogen-bond donors (Lipinski definition) is 8. The van der Waals surface area contributed by atoms with Gasteiger partial charge in [-0.25, -0.2) is 9.59 Å². The van der Waals surface area contributed by atoms with Gasteiger partial charge in [0.15, 0.2) is 0 Å². The Bertz CT molecular complexity index is 2150. The van der Waals surface area contributed by atoms with E-state index in [1.807, 2.05) is 121 Å². The van der Waals surface area contributed by atoms with E-state index in [1.54, 1.807) is 0 Å². The van der Waals surface area contributed by atoms with Crippen LogP contribution >= 0.6 is 11.8 Å². The molecule has 3 saturated heterocycles. The fourth-order valence-electron chi connectivity index (χ4n) is 12.0. The number of ether oxygens (including phenoxy) is 3. The van der Waals surface area contributed by atoms with Gasteiger partial charge in [-0.15, -0.1) is 0 Å². The Morgan fingerprint density at radius 1 is 0.463 bits per heavy atom. The molecule has 21 heteroatoms. The van der Waals surface area contributed by atoms with E-state index < -0.39 is 0 Å². The maximum atomic E-state index is 11.4. The van der Waals surface area contributed by atoms with Crippen LogP contribution in [0.5, 0.6) is 0 Å². The first-order chi connectivity index (χ1) is 55.9. The summed E-state index contributed by atoms with van der Waals surface area (Å²) in [5.74, 6) is 6.85. The quantitative estimate of drug-likeness (QED) is 0.0335. The molecular weight excluding hydrogens is 1530 g/mol. The van der Waals surface area contributed by atoms with Crippen LogP contribution < -0.4 is 37.2 Å². The van der Waals surface area contributed by atoms with Crippen LogP contribution in [0.15, 0.2) is 0 Å². The second-order valence-electron chi connectivity index (χ2n) is 41.0. The normalized spacial score (nSPS) is 15.4. The summed E-state index contributed by atoms with van der Waals surface area (Å²) in [4.78, 5) is 64.1. The largest absolute Gasteiger partial charge is 0.390 e. The van der Waals surface area contributed by atoms with Crippen molar-refractivity contribution in [2.45, 2.75) is 476 Å². The lowest BCUT2D eigenvalue weighted by atomic mass is 9.86. The monoisotopic (exact) mass is 1750 g/mol. The number of nitrogens with one attached hydrogen (secondary N) is 7. The third-order valence-electron chi connectivity index (χ3n) is 17.6. The van der Waals surface area contributed by atoms with E-state index in [0.717, 1.165) is 106 Å². The molecule has 6 rings (SSSR count). The van der Waals surface area contributed by atoms with Gasteiger partial charge in [0.25, 0.3) is 0 Å². The molecule has 20 nitrogen and oxygen atoms in total. The van der Waals surface area contributed by atoms with Gasteiger partial charge in [0.1, 0.15) is 0 Å². The fourth-order valence-corrected chi connectivity index (χ4v) is 12.0. The van der Waals surface area contributed by atoms with Crippen molar-refractivity contribution in [2.24, 2.45) is 46.8 Å². The van der Waals surface area contributed by atoms with Crippen molar-refractivity contribution in [2.75, 3.05) is 99.0 Å². The summed E-state index contributed by atoms with van der Waals surface area (Å²) >= 11 is 1.88. The topological polar surface area (TPSA) is 230 Å². The molecule has 0 aromatic rings. The smallest absolute Gasteiger partial charge is 0.315 e. The number of carbonyl (C=O) groups excluding carboxylic acids is 5. The third kappa shape index (κ3) is 128. The molecule has 0 aromatic heterocycles. The van der Waals surface area contributed by atoms with Gasteiger partial charge in [0, 0.05) is 114 Å². The number of urea groups is 2. The van der Waals surface area contributed by atoms with Crippen LogP contribution in [0.2, 0.25) is 0 Å². The van der Waals surface area contributed by atoms with E-state index in [0.29, 0.717) is 61.7 Å². The molecule has 3 heterocycles. The average molecular weight is 1750 g/mol. The Kier molecular flexibility index (Phi) is 96.7. The first-order valence-corrected chi connectivity index (χ1v) is 50.2. The SMILES string of the molecule is CC(C)C.CC(C)CC(C)(C)C.CC(C)CC(C)C.CC(C)CCC1CC1.CC(C)N1CC(O)C1.CC(C)NC(=O)CCN(C)C.CC(C)NC(=O)CCN1CCCCC1.CC(C)NC(=O)CCN1CCOCC1.CC(C)NC(=O)NC(C)C.CC(C)OC1CCC1.CC(C)OC1CCCC1.CCCC(C)C.CCNC(=O)NC(C)C.CSC(C)C. The third-order valence-corrected chi connectivity index (χ3v) is 18.6. The predicted molar refractivity (Wildman–Crippen MR) is 533 cm³/mol. The van der Waals surface area contributed by atoms with E-state index in [-0.39, 0.29) is 72.1 Å². The molecule has 0 unspecified atom stereocenters. The maximum Gasteiger partial charge on any atom is 0.315 e.